The third-order valence-corrected chi connectivity index (χ3v) is 3.73. The van der Waals surface area contributed by atoms with Crippen LogP contribution in [0.1, 0.15) is 40.6 Å². The first-order valence-corrected chi connectivity index (χ1v) is 6.57. The monoisotopic (exact) mass is 251 g/mol. The number of hydrogen-bond donors (Lipinski definition) is 1. The molecular weight excluding hydrogens is 234 g/mol. The van der Waals surface area contributed by atoms with Crippen molar-refractivity contribution in [3.63, 3.8) is 0 Å². The van der Waals surface area contributed by atoms with Crippen molar-refractivity contribution in [3.8, 4) is 0 Å². The second-order valence-electron chi connectivity index (χ2n) is 4.12. The number of thiazole rings is 1. The van der Waals surface area contributed by atoms with Gasteiger partial charge in [0.15, 0.2) is 0 Å². The Morgan fingerprint density at radius 2 is 2.24 bits per heavy atom. The van der Waals surface area contributed by atoms with Gasteiger partial charge in [-0.05, 0) is 20.3 Å². The number of rotatable bonds is 4. The van der Waals surface area contributed by atoms with Crippen LogP contribution in [0.5, 0.6) is 0 Å². The zero-order chi connectivity index (χ0) is 12.4. The van der Waals surface area contributed by atoms with Gasteiger partial charge >= 0.3 is 0 Å². The normalized spacial score (nSPS) is 12.9. The van der Waals surface area contributed by atoms with Gasteiger partial charge in [-0.15, -0.1) is 11.3 Å². The van der Waals surface area contributed by atoms with Crippen LogP contribution in [0.2, 0.25) is 0 Å². The molecule has 0 radical (unpaired) electrons. The Morgan fingerprint density at radius 1 is 1.47 bits per heavy atom. The molecule has 0 aliphatic heterocycles. The summed E-state index contributed by atoms with van der Waals surface area (Å²) >= 11 is 1.54. The quantitative estimate of drug-likeness (QED) is 0.908. The minimum atomic E-state index is -0.605. The van der Waals surface area contributed by atoms with E-state index in [0.29, 0.717) is 0 Å². The van der Waals surface area contributed by atoms with Crippen LogP contribution in [-0.4, -0.2) is 19.9 Å². The van der Waals surface area contributed by atoms with Gasteiger partial charge in [-0.2, -0.15) is 5.10 Å². The van der Waals surface area contributed by atoms with E-state index in [-0.39, 0.29) is 0 Å². The van der Waals surface area contributed by atoms with Gasteiger partial charge in [-0.1, -0.05) is 6.92 Å². The Bertz CT molecular complexity index is 504. The Labute approximate surface area is 105 Å². The van der Waals surface area contributed by atoms with Crippen LogP contribution in [0.4, 0.5) is 0 Å². The molecular formula is C12H17N3OS. The molecule has 4 nitrogen and oxygen atoms in total. The molecule has 0 bridgehead atoms. The van der Waals surface area contributed by atoms with Crippen LogP contribution in [0.15, 0.2) is 12.4 Å². The molecule has 92 valence electrons. The van der Waals surface area contributed by atoms with Gasteiger partial charge in [0, 0.05) is 18.3 Å². The minimum absolute atomic E-state index is 0.605. The molecule has 0 saturated heterocycles. The lowest BCUT2D eigenvalue weighted by Crippen LogP contribution is -1.99. The van der Waals surface area contributed by atoms with Crippen LogP contribution in [0.25, 0.3) is 0 Å². The fraction of sp³-hybridized carbons (Fsp3) is 0.500. The maximum atomic E-state index is 10.3. The molecule has 1 N–H and O–H groups in total. The third-order valence-electron chi connectivity index (χ3n) is 2.61. The lowest BCUT2D eigenvalue weighted by molar-refractivity contribution is 0.223. The first kappa shape index (κ1) is 12.3. The highest BCUT2D eigenvalue weighted by Gasteiger charge is 2.18. The number of nitrogens with zero attached hydrogens (tertiary/aromatic N) is 3. The van der Waals surface area contributed by atoms with E-state index in [4.69, 9.17) is 0 Å². The first-order chi connectivity index (χ1) is 8.11. The molecule has 0 amide bonds. The van der Waals surface area contributed by atoms with Crippen molar-refractivity contribution >= 4 is 11.3 Å². The van der Waals surface area contributed by atoms with E-state index in [9.17, 15) is 5.11 Å². The molecule has 17 heavy (non-hydrogen) atoms. The fourth-order valence-corrected chi connectivity index (χ4v) is 2.77. The summed E-state index contributed by atoms with van der Waals surface area (Å²) in [7, 11) is 0. The van der Waals surface area contributed by atoms with E-state index in [1.165, 1.54) is 0 Å². The van der Waals surface area contributed by atoms with Gasteiger partial charge in [-0.25, -0.2) is 4.98 Å². The zero-order valence-electron chi connectivity index (χ0n) is 10.3. The van der Waals surface area contributed by atoms with Gasteiger partial charge in [0.25, 0.3) is 0 Å². The Morgan fingerprint density at radius 3 is 2.82 bits per heavy atom. The summed E-state index contributed by atoms with van der Waals surface area (Å²) in [6, 6.07) is 0. The minimum Gasteiger partial charge on any atom is -0.383 e. The summed E-state index contributed by atoms with van der Waals surface area (Å²) in [5, 5.41) is 15.5. The van der Waals surface area contributed by atoms with Crippen LogP contribution in [0.3, 0.4) is 0 Å². The Kier molecular flexibility index (Phi) is 3.59. The molecule has 2 rings (SSSR count). The Balaban J connectivity index is 2.24. The standard InChI is InChI=1S/C12H17N3OS/c1-4-5-15-7-10(6-13-15)11(16)12-8(2)14-9(3)17-12/h6-7,11,16H,4-5H2,1-3H3. The highest BCUT2D eigenvalue weighted by Crippen LogP contribution is 2.29. The molecule has 2 aromatic rings. The summed E-state index contributed by atoms with van der Waals surface area (Å²) in [4.78, 5) is 5.25. The van der Waals surface area contributed by atoms with Crippen molar-refractivity contribution in [1.29, 1.82) is 0 Å². The van der Waals surface area contributed by atoms with Crippen molar-refractivity contribution in [2.24, 2.45) is 0 Å². The van der Waals surface area contributed by atoms with Crippen LogP contribution >= 0.6 is 11.3 Å². The molecule has 0 saturated carbocycles. The molecule has 0 spiro atoms. The molecule has 0 aromatic carbocycles. The summed E-state index contributed by atoms with van der Waals surface area (Å²) in [5.74, 6) is 0. The van der Waals surface area contributed by atoms with E-state index in [2.05, 4.69) is 17.0 Å². The van der Waals surface area contributed by atoms with E-state index in [1.54, 1.807) is 17.5 Å². The number of aryl methyl sites for hydroxylation is 3. The lowest BCUT2D eigenvalue weighted by atomic mass is 10.1. The highest BCUT2D eigenvalue weighted by molar-refractivity contribution is 7.11. The first-order valence-electron chi connectivity index (χ1n) is 5.76. The van der Waals surface area contributed by atoms with Crippen molar-refractivity contribution in [1.82, 2.24) is 14.8 Å². The number of aromatic nitrogens is 3. The number of aliphatic hydroxyl groups excluding tert-OH is 1. The van der Waals surface area contributed by atoms with Crippen molar-refractivity contribution in [2.75, 3.05) is 0 Å². The Hall–Kier alpha value is -1.20. The van der Waals surface area contributed by atoms with Crippen LogP contribution in [0, 0.1) is 13.8 Å². The largest absolute Gasteiger partial charge is 0.383 e. The molecule has 2 heterocycles. The maximum Gasteiger partial charge on any atom is 0.118 e. The van der Waals surface area contributed by atoms with Crippen molar-refractivity contribution < 1.29 is 5.11 Å². The molecule has 0 fully saturated rings. The average Bonchev–Trinajstić information content (AvgIpc) is 2.85. The summed E-state index contributed by atoms with van der Waals surface area (Å²) in [5.41, 5.74) is 1.74. The van der Waals surface area contributed by atoms with E-state index in [0.717, 1.165) is 34.1 Å². The van der Waals surface area contributed by atoms with Gasteiger partial charge in [0.2, 0.25) is 0 Å². The summed E-state index contributed by atoms with van der Waals surface area (Å²) in [6.45, 7) is 6.87. The fourth-order valence-electron chi connectivity index (χ4n) is 1.82. The van der Waals surface area contributed by atoms with Gasteiger partial charge in [-0.3, -0.25) is 4.68 Å². The molecule has 5 heteroatoms. The van der Waals surface area contributed by atoms with E-state index < -0.39 is 6.10 Å². The second kappa shape index (κ2) is 4.98. The predicted octanol–water partition coefficient (Wildman–Crippen LogP) is 2.45. The molecule has 1 atom stereocenters. The highest BCUT2D eigenvalue weighted by atomic mass is 32.1. The predicted molar refractivity (Wildman–Crippen MR) is 68.2 cm³/mol. The lowest BCUT2D eigenvalue weighted by Gasteiger charge is -2.06. The number of aliphatic hydroxyl groups is 1. The SMILES string of the molecule is CCCn1cc(C(O)c2sc(C)nc2C)cn1. The third kappa shape index (κ3) is 2.56. The van der Waals surface area contributed by atoms with Crippen LogP contribution < -0.4 is 0 Å². The molecule has 0 aliphatic rings. The van der Waals surface area contributed by atoms with Gasteiger partial charge in [0.05, 0.1) is 21.8 Å². The van der Waals surface area contributed by atoms with Gasteiger partial charge < -0.3 is 5.11 Å². The number of hydrogen-bond acceptors (Lipinski definition) is 4. The zero-order valence-corrected chi connectivity index (χ0v) is 11.2. The van der Waals surface area contributed by atoms with Crippen molar-refractivity contribution in [2.45, 2.75) is 39.8 Å². The van der Waals surface area contributed by atoms with E-state index in [1.807, 2.05) is 24.7 Å². The second-order valence-corrected chi connectivity index (χ2v) is 5.36. The van der Waals surface area contributed by atoms with Gasteiger partial charge in [0.1, 0.15) is 6.10 Å². The topological polar surface area (TPSA) is 50.9 Å². The van der Waals surface area contributed by atoms with E-state index >= 15 is 0 Å². The van der Waals surface area contributed by atoms with Crippen LogP contribution in [-0.2, 0) is 6.54 Å². The smallest absolute Gasteiger partial charge is 0.118 e. The average molecular weight is 251 g/mol. The molecule has 0 aliphatic carbocycles. The molecule has 1 unspecified atom stereocenters. The molecule has 2 aromatic heterocycles. The summed E-state index contributed by atoms with van der Waals surface area (Å²) < 4.78 is 1.86. The maximum absolute atomic E-state index is 10.3. The summed E-state index contributed by atoms with van der Waals surface area (Å²) in [6.07, 6.45) is 4.07. The van der Waals surface area contributed by atoms with Crippen molar-refractivity contribution in [3.05, 3.63) is 33.5 Å².